The van der Waals surface area contributed by atoms with Gasteiger partial charge in [0.05, 0.1) is 12.1 Å². The van der Waals surface area contributed by atoms with E-state index in [-0.39, 0.29) is 30.5 Å². The molecule has 4 unspecified atom stereocenters. The number of sulfonamides is 1. The second kappa shape index (κ2) is 18.7. The topological polar surface area (TPSA) is 173 Å². The Bertz CT molecular complexity index is 1780. The molecule has 0 aliphatic carbocycles. The smallest absolute Gasteiger partial charge is 0.413 e. The summed E-state index contributed by atoms with van der Waals surface area (Å²) in [5, 5.41) is 19.3. The first-order chi connectivity index (χ1) is 25.1. The molecule has 14 heteroatoms. The molecule has 3 aromatic carbocycles. The van der Waals surface area contributed by atoms with E-state index < -0.39 is 64.4 Å². The number of ether oxygens (including phenoxy) is 3. The Hall–Kier alpha value is -4.92. The van der Waals surface area contributed by atoms with Crippen LogP contribution < -0.4 is 20.7 Å². The monoisotopic (exact) mass is 750 g/mol. The predicted molar refractivity (Wildman–Crippen MR) is 199 cm³/mol. The molecule has 4 rings (SSSR count). The van der Waals surface area contributed by atoms with Crippen molar-refractivity contribution in [3.63, 3.8) is 0 Å². The summed E-state index contributed by atoms with van der Waals surface area (Å²) in [5.41, 5.74) is 0.888. The van der Waals surface area contributed by atoms with Gasteiger partial charge in [-0.2, -0.15) is 4.31 Å². The number of hydrogen-bond donors (Lipinski definition) is 4. The van der Waals surface area contributed by atoms with Crippen LogP contribution in [0.25, 0.3) is 0 Å². The van der Waals surface area contributed by atoms with Crippen LogP contribution in [0, 0.1) is 11.3 Å². The van der Waals surface area contributed by atoms with Crippen molar-refractivity contribution in [3.05, 3.63) is 113 Å². The molecule has 0 spiro atoms. The van der Waals surface area contributed by atoms with Crippen molar-refractivity contribution in [2.75, 3.05) is 19.6 Å². The van der Waals surface area contributed by atoms with E-state index in [0.29, 0.717) is 12.2 Å². The molecule has 1 aliphatic rings. The highest BCUT2D eigenvalue weighted by molar-refractivity contribution is 7.92. The lowest BCUT2D eigenvalue weighted by Gasteiger charge is -2.34. The van der Waals surface area contributed by atoms with Crippen molar-refractivity contribution in [1.29, 1.82) is 0 Å². The molecule has 0 saturated carbocycles. The Balaban J connectivity index is 1.47. The number of carbonyl (C=O) groups excluding carboxylic acids is 3. The van der Waals surface area contributed by atoms with E-state index >= 15 is 0 Å². The first-order valence-corrected chi connectivity index (χ1v) is 18.9. The zero-order chi connectivity index (χ0) is 38.6. The van der Waals surface area contributed by atoms with Crippen molar-refractivity contribution < 1.29 is 42.1 Å². The van der Waals surface area contributed by atoms with Crippen LogP contribution in [0.3, 0.4) is 0 Å². The zero-order valence-electron chi connectivity index (χ0n) is 30.7. The number of rotatable bonds is 17. The first kappa shape index (κ1) is 40.8. The molecule has 0 fully saturated rings. The van der Waals surface area contributed by atoms with Gasteiger partial charge in [-0.3, -0.25) is 9.59 Å². The molecular formula is C39H50N4O9S. The fraction of sp³-hybridized carbons (Fsp3) is 0.410. The standard InChI is InChI=1S/C39H50N4O9S/c1-27(2)24-43(53(48,49)35-26-50-34(52-35)22-29-17-11-7-12-18-29)25-32(44)31(21-28-15-9-6-10-16-28)41-37(46)36(39(3,4)5)42-33(45)23-40-38(47)51-30-19-13-8-14-20-30/h6-20,26-27,31-32,34,36,44H,21-25H2,1-5H3,(H,40,47)(H,41,46)(H,42,45). The lowest BCUT2D eigenvalue weighted by molar-refractivity contribution is -0.132. The molecular weight excluding hydrogens is 701 g/mol. The summed E-state index contributed by atoms with van der Waals surface area (Å²) in [6, 6.07) is 24.8. The molecule has 3 amide bonds. The maximum Gasteiger partial charge on any atom is 0.413 e. The maximum absolute atomic E-state index is 13.9. The van der Waals surface area contributed by atoms with Gasteiger partial charge >= 0.3 is 6.09 Å². The van der Waals surface area contributed by atoms with Crippen LogP contribution in [-0.4, -0.2) is 79.8 Å². The summed E-state index contributed by atoms with van der Waals surface area (Å²) in [4.78, 5) is 39.2. The Labute approximate surface area is 311 Å². The fourth-order valence-corrected chi connectivity index (χ4v) is 7.07. The van der Waals surface area contributed by atoms with Gasteiger partial charge in [-0.25, -0.2) is 13.2 Å². The molecule has 1 heterocycles. The van der Waals surface area contributed by atoms with E-state index in [1.165, 1.54) is 0 Å². The van der Waals surface area contributed by atoms with Crippen molar-refractivity contribution in [3.8, 4) is 5.75 Å². The second-order valence-corrected chi connectivity index (χ2v) is 16.2. The van der Waals surface area contributed by atoms with E-state index in [1.807, 2.05) is 74.5 Å². The fourth-order valence-electron chi connectivity index (χ4n) is 5.56. The summed E-state index contributed by atoms with van der Waals surface area (Å²) >= 11 is 0. The molecule has 13 nitrogen and oxygen atoms in total. The normalized spacial score (nSPS) is 16.1. The van der Waals surface area contributed by atoms with Crippen LogP contribution >= 0.6 is 0 Å². The summed E-state index contributed by atoms with van der Waals surface area (Å²) < 4.78 is 45.5. The molecule has 53 heavy (non-hydrogen) atoms. The number of aliphatic hydroxyl groups excluding tert-OH is 1. The number of benzene rings is 3. The van der Waals surface area contributed by atoms with E-state index in [2.05, 4.69) is 16.0 Å². The maximum atomic E-state index is 13.9. The van der Waals surface area contributed by atoms with Gasteiger partial charge in [-0.1, -0.05) is 113 Å². The number of nitrogens with one attached hydrogen (secondary N) is 3. The SMILES string of the molecule is CC(C)CN(CC(O)C(Cc1ccccc1)NC(=O)C(NC(=O)CNC(=O)Oc1ccccc1)C(C)(C)C)S(=O)(=O)C1=COC(Cc2ccccc2)O1. The second-order valence-electron chi connectivity index (χ2n) is 14.3. The van der Waals surface area contributed by atoms with Crippen LogP contribution in [0.4, 0.5) is 4.79 Å². The van der Waals surface area contributed by atoms with Crippen molar-refractivity contribution in [2.24, 2.45) is 11.3 Å². The minimum absolute atomic E-state index is 0.0514. The highest BCUT2D eigenvalue weighted by Gasteiger charge is 2.39. The Morgan fingerprint density at radius 1 is 0.868 bits per heavy atom. The van der Waals surface area contributed by atoms with Crippen LogP contribution in [0.15, 0.2) is 102 Å². The van der Waals surface area contributed by atoms with Crippen LogP contribution in [0.5, 0.6) is 5.75 Å². The Morgan fingerprint density at radius 3 is 2.04 bits per heavy atom. The number of para-hydroxylation sites is 1. The Morgan fingerprint density at radius 2 is 1.45 bits per heavy atom. The van der Waals surface area contributed by atoms with Crippen LogP contribution in [0.2, 0.25) is 0 Å². The van der Waals surface area contributed by atoms with Crippen molar-refractivity contribution in [1.82, 2.24) is 20.3 Å². The van der Waals surface area contributed by atoms with Crippen molar-refractivity contribution in [2.45, 2.75) is 71.9 Å². The number of amides is 3. The molecule has 4 N–H and O–H groups in total. The van der Waals surface area contributed by atoms with Gasteiger partial charge in [0.15, 0.2) is 0 Å². The lowest BCUT2D eigenvalue weighted by Crippen LogP contribution is -2.59. The summed E-state index contributed by atoms with van der Waals surface area (Å²) in [7, 11) is -4.27. The highest BCUT2D eigenvalue weighted by atomic mass is 32.2. The summed E-state index contributed by atoms with van der Waals surface area (Å²) in [6.45, 7) is 8.20. The molecule has 0 bridgehead atoms. The zero-order valence-corrected chi connectivity index (χ0v) is 31.5. The van der Waals surface area contributed by atoms with Crippen LogP contribution in [-0.2, 0) is 41.9 Å². The first-order valence-electron chi connectivity index (χ1n) is 17.5. The minimum Gasteiger partial charge on any atom is -0.457 e. The molecule has 0 aromatic heterocycles. The highest BCUT2D eigenvalue weighted by Crippen LogP contribution is 2.27. The third-order valence-corrected chi connectivity index (χ3v) is 9.91. The quantitative estimate of drug-likeness (QED) is 0.159. The number of carbonyl (C=O) groups is 3. The van der Waals surface area contributed by atoms with E-state index in [1.54, 1.807) is 51.1 Å². The summed E-state index contributed by atoms with van der Waals surface area (Å²) in [5.74, 6) is -1.07. The lowest BCUT2D eigenvalue weighted by atomic mass is 9.85. The largest absolute Gasteiger partial charge is 0.457 e. The third kappa shape index (κ3) is 12.6. The summed E-state index contributed by atoms with van der Waals surface area (Å²) in [6.07, 6.45) is -1.50. The van der Waals surface area contributed by atoms with Gasteiger partial charge in [0.1, 0.15) is 24.6 Å². The number of hydrogen-bond acceptors (Lipinski definition) is 9. The molecule has 1 aliphatic heterocycles. The average Bonchev–Trinajstić information content (AvgIpc) is 3.59. The van der Waals surface area contributed by atoms with Crippen molar-refractivity contribution >= 4 is 27.9 Å². The Kier molecular flexibility index (Phi) is 14.4. The van der Waals surface area contributed by atoms with E-state index in [4.69, 9.17) is 14.2 Å². The predicted octanol–water partition coefficient (Wildman–Crippen LogP) is 4.10. The minimum atomic E-state index is -4.27. The third-order valence-electron chi connectivity index (χ3n) is 8.23. The molecule has 286 valence electrons. The van der Waals surface area contributed by atoms with Gasteiger partial charge in [-0.15, -0.1) is 0 Å². The molecule has 3 aromatic rings. The van der Waals surface area contributed by atoms with Gasteiger partial charge < -0.3 is 35.3 Å². The molecule has 0 saturated heterocycles. The van der Waals surface area contributed by atoms with E-state index in [0.717, 1.165) is 21.7 Å². The number of aliphatic hydroxyl groups is 1. The van der Waals surface area contributed by atoms with Gasteiger partial charge in [0, 0.05) is 19.5 Å². The number of nitrogens with zero attached hydrogens (tertiary/aromatic N) is 1. The van der Waals surface area contributed by atoms with Gasteiger partial charge in [0.25, 0.3) is 15.1 Å². The molecule has 0 radical (unpaired) electrons. The molecule has 4 atom stereocenters. The van der Waals surface area contributed by atoms with Gasteiger partial charge in [0.2, 0.25) is 18.1 Å². The van der Waals surface area contributed by atoms with E-state index in [9.17, 15) is 27.9 Å². The van der Waals surface area contributed by atoms with Crippen LogP contribution in [0.1, 0.15) is 45.7 Å². The van der Waals surface area contributed by atoms with Gasteiger partial charge in [-0.05, 0) is 41.0 Å². The average molecular weight is 751 g/mol.